The van der Waals surface area contributed by atoms with Gasteiger partial charge in [-0.2, -0.15) is 0 Å². The van der Waals surface area contributed by atoms with Crippen LogP contribution in [0.15, 0.2) is 36.5 Å². The molecule has 20 heavy (non-hydrogen) atoms. The van der Waals surface area contributed by atoms with Crippen LogP contribution in [-0.4, -0.2) is 41.1 Å². The second-order valence-corrected chi connectivity index (χ2v) is 5.01. The lowest BCUT2D eigenvalue weighted by Crippen LogP contribution is -2.36. The van der Waals surface area contributed by atoms with Crippen molar-refractivity contribution in [3.63, 3.8) is 0 Å². The van der Waals surface area contributed by atoms with Crippen molar-refractivity contribution in [1.29, 1.82) is 0 Å². The number of hydrogen-bond acceptors (Lipinski definition) is 2. The molecule has 2 amide bonds. The summed E-state index contributed by atoms with van der Waals surface area (Å²) >= 11 is 5.29. The van der Waals surface area contributed by atoms with E-state index in [0.29, 0.717) is 17.9 Å². The molecular weight excluding hydrogens is 272 g/mol. The van der Waals surface area contributed by atoms with E-state index in [1.165, 1.54) is 4.90 Å². The van der Waals surface area contributed by atoms with Crippen LogP contribution in [0.2, 0.25) is 0 Å². The van der Waals surface area contributed by atoms with Gasteiger partial charge in [0.2, 0.25) is 0 Å². The van der Waals surface area contributed by atoms with E-state index in [-0.39, 0.29) is 6.03 Å². The number of benzene rings is 1. The topological polar surface area (TPSA) is 53.1 Å². The number of aromatic nitrogens is 2. The molecule has 0 saturated heterocycles. The van der Waals surface area contributed by atoms with Crippen LogP contribution in [0.5, 0.6) is 0 Å². The first-order valence-electron chi connectivity index (χ1n) is 6.38. The summed E-state index contributed by atoms with van der Waals surface area (Å²) in [4.78, 5) is 16.0. The Bertz CT molecular complexity index is 630. The summed E-state index contributed by atoms with van der Waals surface area (Å²) in [7, 11) is 3.43. The van der Waals surface area contributed by atoms with Gasteiger partial charge in [0.15, 0.2) is 4.77 Å². The van der Waals surface area contributed by atoms with E-state index in [1.807, 2.05) is 41.1 Å². The van der Waals surface area contributed by atoms with Crippen molar-refractivity contribution in [3.8, 4) is 11.3 Å². The molecule has 0 atom stereocenters. The molecule has 5 nitrogen and oxygen atoms in total. The fraction of sp³-hybridized carbons (Fsp3) is 0.286. The standard InChI is InChI=1S/C14H18N4OS/c1-17(2)13(19)15-8-9-18-12(10-16-14(18)20)11-6-4-3-5-7-11/h3-7,10H,8-9H2,1-2H3,(H,15,19)(H,16,20). The second kappa shape index (κ2) is 6.38. The summed E-state index contributed by atoms with van der Waals surface area (Å²) in [5.74, 6) is 0. The Labute approximate surface area is 123 Å². The molecule has 0 aliphatic rings. The van der Waals surface area contributed by atoms with Crippen molar-refractivity contribution in [2.24, 2.45) is 0 Å². The van der Waals surface area contributed by atoms with Crippen molar-refractivity contribution >= 4 is 18.2 Å². The molecule has 0 aliphatic carbocycles. The van der Waals surface area contributed by atoms with Crippen LogP contribution < -0.4 is 5.32 Å². The first-order valence-corrected chi connectivity index (χ1v) is 6.79. The first-order chi connectivity index (χ1) is 9.59. The Kier molecular flexibility index (Phi) is 4.57. The molecule has 6 heteroatoms. The number of hydrogen-bond donors (Lipinski definition) is 2. The number of rotatable bonds is 4. The molecule has 0 saturated carbocycles. The number of aromatic amines is 1. The van der Waals surface area contributed by atoms with E-state index < -0.39 is 0 Å². The van der Waals surface area contributed by atoms with Gasteiger partial charge in [-0.3, -0.25) is 0 Å². The SMILES string of the molecule is CN(C)C(=O)NCCn1c(-c2ccccc2)c[nH]c1=S. The number of nitrogens with one attached hydrogen (secondary N) is 2. The van der Waals surface area contributed by atoms with Gasteiger partial charge in [0.05, 0.1) is 5.69 Å². The number of nitrogens with zero attached hydrogens (tertiary/aromatic N) is 2. The van der Waals surface area contributed by atoms with E-state index in [1.54, 1.807) is 14.1 Å². The molecular formula is C14H18N4OS. The number of urea groups is 1. The molecule has 1 aromatic carbocycles. The lowest BCUT2D eigenvalue weighted by Gasteiger charge is -2.13. The fourth-order valence-corrected chi connectivity index (χ4v) is 2.15. The van der Waals surface area contributed by atoms with Gasteiger partial charge in [-0.05, 0) is 17.8 Å². The Morgan fingerprint density at radius 3 is 2.70 bits per heavy atom. The molecule has 2 rings (SSSR count). The first kappa shape index (κ1) is 14.3. The molecule has 0 bridgehead atoms. The summed E-state index contributed by atoms with van der Waals surface area (Å²) in [6.07, 6.45) is 1.89. The summed E-state index contributed by atoms with van der Waals surface area (Å²) in [5.41, 5.74) is 2.12. The Hall–Kier alpha value is -2.08. The van der Waals surface area contributed by atoms with E-state index in [4.69, 9.17) is 12.2 Å². The lowest BCUT2D eigenvalue weighted by molar-refractivity contribution is 0.217. The van der Waals surface area contributed by atoms with E-state index in [0.717, 1.165) is 11.3 Å². The Morgan fingerprint density at radius 2 is 2.05 bits per heavy atom. The van der Waals surface area contributed by atoms with Gasteiger partial charge < -0.3 is 19.8 Å². The quantitative estimate of drug-likeness (QED) is 0.850. The van der Waals surface area contributed by atoms with E-state index in [9.17, 15) is 4.79 Å². The highest BCUT2D eigenvalue weighted by molar-refractivity contribution is 7.71. The maximum atomic E-state index is 11.5. The van der Waals surface area contributed by atoms with E-state index in [2.05, 4.69) is 10.3 Å². The maximum absolute atomic E-state index is 11.5. The predicted molar refractivity (Wildman–Crippen MR) is 82.1 cm³/mol. The van der Waals surface area contributed by atoms with Gasteiger partial charge in [0, 0.05) is 33.4 Å². The highest BCUT2D eigenvalue weighted by Crippen LogP contribution is 2.18. The van der Waals surface area contributed by atoms with Crippen LogP contribution in [0.3, 0.4) is 0 Å². The number of carbonyl (C=O) groups excluding carboxylic acids is 1. The maximum Gasteiger partial charge on any atom is 0.316 e. The summed E-state index contributed by atoms with van der Waals surface area (Å²) in [5, 5.41) is 2.83. The molecule has 0 unspecified atom stereocenters. The van der Waals surface area contributed by atoms with Gasteiger partial charge in [0.25, 0.3) is 0 Å². The van der Waals surface area contributed by atoms with Gasteiger partial charge in [-0.25, -0.2) is 4.79 Å². The average molecular weight is 290 g/mol. The summed E-state index contributed by atoms with van der Waals surface area (Å²) in [6.45, 7) is 1.16. The molecule has 0 radical (unpaired) electrons. The number of amides is 2. The van der Waals surface area contributed by atoms with Crippen molar-refractivity contribution in [2.75, 3.05) is 20.6 Å². The van der Waals surface area contributed by atoms with Crippen molar-refractivity contribution in [1.82, 2.24) is 19.8 Å². The normalized spacial score (nSPS) is 10.3. The smallest absolute Gasteiger partial charge is 0.316 e. The van der Waals surface area contributed by atoms with Crippen LogP contribution in [0, 0.1) is 4.77 Å². The van der Waals surface area contributed by atoms with Crippen molar-refractivity contribution in [3.05, 3.63) is 41.3 Å². The van der Waals surface area contributed by atoms with E-state index >= 15 is 0 Å². The second-order valence-electron chi connectivity index (χ2n) is 4.62. The van der Waals surface area contributed by atoms with Crippen molar-refractivity contribution < 1.29 is 4.79 Å². The highest BCUT2D eigenvalue weighted by Gasteiger charge is 2.07. The molecule has 0 spiro atoms. The van der Waals surface area contributed by atoms with Crippen LogP contribution in [0.4, 0.5) is 4.79 Å². The fourth-order valence-electron chi connectivity index (χ4n) is 1.90. The minimum atomic E-state index is -0.103. The number of carbonyl (C=O) groups is 1. The van der Waals surface area contributed by atoms with Gasteiger partial charge in [-0.1, -0.05) is 30.3 Å². The zero-order chi connectivity index (χ0) is 14.5. The van der Waals surface area contributed by atoms with Crippen molar-refractivity contribution in [2.45, 2.75) is 6.54 Å². The molecule has 2 aromatic rings. The molecule has 2 N–H and O–H groups in total. The third-order valence-corrected chi connectivity index (χ3v) is 3.29. The average Bonchev–Trinajstić information content (AvgIpc) is 2.81. The zero-order valence-corrected chi connectivity index (χ0v) is 12.4. The molecule has 1 heterocycles. The summed E-state index contributed by atoms with van der Waals surface area (Å²) in [6, 6.07) is 9.92. The lowest BCUT2D eigenvalue weighted by atomic mass is 10.2. The minimum Gasteiger partial charge on any atom is -0.337 e. The molecule has 1 aromatic heterocycles. The monoisotopic (exact) mass is 290 g/mol. The minimum absolute atomic E-state index is 0.103. The van der Waals surface area contributed by atoms with Gasteiger partial charge >= 0.3 is 6.03 Å². The number of imidazole rings is 1. The van der Waals surface area contributed by atoms with Gasteiger partial charge in [0.1, 0.15) is 0 Å². The highest BCUT2D eigenvalue weighted by atomic mass is 32.1. The molecule has 0 fully saturated rings. The third-order valence-electron chi connectivity index (χ3n) is 2.96. The Balaban J connectivity index is 2.11. The van der Waals surface area contributed by atoms with Crippen LogP contribution >= 0.6 is 12.2 Å². The predicted octanol–water partition coefficient (Wildman–Crippen LogP) is 2.48. The largest absolute Gasteiger partial charge is 0.337 e. The van der Waals surface area contributed by atoms with Crippen LogP contribution in [-0.2, 0) is 6.54 Å². The van der Waals surface area contributed by atoms with Crippen LogP contribution in [0.1, 0.15) is 0 Å². The van der Waals surface area contributed by atoms with Gasteiger partial charge in [-0.15, -0.1) is 0 Å². The Morgan fingerprint density at radius 1 is 1.35 bits per heavy atom. The number of H-pyrrole nitrogens is 1. The third kappa shape index (κ3) is 3.27. The molecule has 0 aliphatic heterocycles. The molecule has 106 valence electrons. The summed E-state index contributed by atoms with van der Waals surface area (Å²) < 4.78 is 2.64. The zero-order valence-electron chi connectivity index (χ0n) is 11.6. The van der Waals surface area contributed by atoms with Crippen LogP contribution in [0.25, 0.3) is 11.3 Å².